The second-order valence-electron chi connectivity index (χ2n) is 4.17. The molecule has 0 spiro atoms. The Balaban J connectivity index is 2.93. The average Bonchev–Trinajstić information content (AvgIpc) is 2.38. The lowest BCUT2D eigenvalue weighted by atomic mass is 10.1. The number of nitrogens with one attached hydrogen (secondary N) is 2. The highest BCUT2D eigenvalue weighted by molar-refractivity contribution is 6.30. The molecule has 108 valence electrons. The zero-order valence-corrected chi connectivity index (χ0v) is 11.7. The van der Waals surface area contributed by atoms with Crippen LogP contribution in [0.1, 0.15) is 25.8 Å². The lowest BCUT2D eigenvalue weighted by molar-refractivity contribution is 0.189. The van der Waals surface area contributed by atoms with Crippen LogP contribution in [0.15, 0.2) is 6.07 Å². The predicted octanol–water partition coefficient (Wildman–Crippen LogP) is 2.59. The number of nitrogens with zero attached hydrogens (tertiary/aromatic N) is 2. The largest absolute Gasteiger partial charge is 0.465 e. The van der Waals surface area contributed by atoms with E-state index in [-0.39, 0.29) is 22.6 Å². The third-order valence-corrected chi connectivity index (χ3v) is 3.05. The number of pyridine rings is 1. The van der Waals surface area contributed by atoms with Crippen molar-refractivity contribution < 1.29 is 14.3 Å². The van der Waals surface area contributed by atoms with Crippen LogP contribution < -0.4 is 10.6 Å². The molecular weight excluding hydrogens is 287 g/mol. The summed E-state index contributed by atoms with van der Waals surface area (Å²) in [7, 11) is 0. The third-order valence-electron chi connectivity index (χ3n) is 2.77. The number of amides is 1. The Bertz CT molecular complexity index is 547. The number of carbonyl (C=O) groups is 1. The molecule has 0 aromatic carbocycles. The fourth-order valence-corrected chi connectivity index (χ4v) is 1.88. The summed E-state index contributed by atoms with van der Waals surface area (Å²) in [6.45, 7) is 3.47. The van der Waals surface area contributed by atoms with Gasteiger partial charge in [0.15, 0.2) is 11.6 Å². The fourth-order valence-electron chi connectivity index (χ4n) is 1.70. The minimum Gasteiger partial charge on any atom is -0.465 e. The number of anilines is 1. The van der Waals surface area contributed by atoms with Crippen LogP contribution in [0.2, 0.25) is 5.15 Å². The Labute approximate surface area is 120 Å². The van der Waals surface area contributed by atoms with Gasteiger partial charge in [-0.1, -0.05) is 18.5 Å². The predicted molar refractivity (Wildman–Crippen MR) is 72.2 cm³/mol. The molecule has 0 radical (unpaired) electrons. The van der Waals surface area contributed by atoms with Crippen LogP contribution in [0.3, 0.4) is 0 Å². The topological polar surface area (TPSA) is 98.0 Å². The molecule has 1 aromatic heterocycles. The second-order valence-corrected chi connectivity index (χ2v) is 4.52. The molecule has 0 bridgehead atoms. The zero-order chi connectivity index (χ0) is 15.3. The van der Waals surface area contributed by atoms with Crippen molar-refractivity contribution in [2.24, 2.45) is 0 Å². The van der Waals surface area contributed by atoms with Crippen LogP contribution in [-0.4, -0.2) is 28.3 Å². The normalized spacial score (nSPS) is 13.2. The van der Waals surface area contributed by atoms with Crippen LogP contribution in [0.4, 0.5) is 15.0 Å². The van der Waals surface area contributed by atoms with Gasteiger partial charge in [-0.2, -0.15) is 5.26 Å². The molecule has 0 aliphatic rings. The maximum Gasteiger partial charge on any atom is 0.404 e. The van der Waals surface area contributed by atoms with Gasteiger partial charge in [-0.05, 0) is 19.4 Å². The van der Waals surface area contributed by atoms with Crippen molar-refractivity contribution in [2.45, 2.75) is 32.4 Å². The quantitative estimate of drug-likeness (QED) is 0.726. The van der Waals surface area contributed by atoms with Gasteiger partial charge in [0, 0.05) is 12.1 Å². The summed E-state index contributed by atoms with van der Waals surface area (Å²) in [5.41, 5.74) is -0.0560. The van der Waals surface area contributed by atoms with E-state index >= 15 is 0 Å². The van der Waals surface area contributed by atoms with E-state index < -0.39 is 18.0 Å². The molecule has 0 aliphatic carbocycles. The van der Waals surface area contributed by atoms with E-state index in [0.29, 0.717) is 6.42 Å². The third kappa shape index (κ3) is 3.96. The maximum absolute atomic E-state index is 13.8. The number of hydrogen-bond donors (Lipinski definition) is 3. The zero-order valence-electron chi connectivity index (χ0n) is 10.9. The van der Waals surface area contributed by atoms with Crippen LogP contribution in [0, 0.1) is 17.1 Å². The first-order chi connectivity index (χ1) is 9.38. The van der Waals surface area contributed by atoms with Crippen LogP contribution in [0.5, 0.6) is 0 Å². The van der Waals surface area contributed by atoms with Crippen molar-refractivity contribution in [3.8, 4) is 6.07 Å². The minimum absolute atomic E-state index is 0.0560. The maximum atomic E-state index is 13.8. The van der Waals surface area contributed by atoms with Crippen LogP contribution in [0.25, 0.3) is 0 Å². The second kappa shape index (κ2) is 6.91. The fraction of sp³-hybridized carbons (Fsp3) is 0.417. The summed E-state index contributed by atoms with van der Waals surface area (Å²) in [4.78, 5) is 14.4. The van der Waals surface area contributed by atoms with E-state index in [1.807, 2.05) is 6.92 Å². The number of halogens is 2. The molecule has 1 aromatic rings. The molecule has 0 aliphatic heterocycles. The first-order valence-electron chi connectivity index (χ1n) is 5.91. The van der Waals surface area contributed by atoms with Crippen molar-refractivity contribution in [3.05, 3.63) is 22.6 Å². The Morgan fingerprint density at radius 2 is 2.35 bits per heavy atom. The molecule has 20 heavy (non-hydrogen) atoms. The molecule has 1 rings (SSSR count). The van der Waals surface area contributed by atoms with Gasteiger partial charge in [-0.3, -0.25) is 0 Å². The van der Waals surface area contributed by atoms with Gasteiger partial charge >= 0.3 is 6.09 Å². The van der Waals surface area contributed by atoms with Crippen molar-refractivity contribution in [1.29, 1.82) is 5.26 Å². The molecule has 0 unspecified atom stereocenters. The van der Waals surface area contributed by atoms with Crippen LogP contribution in [-0.2, 0) is 0 Å². The van der Waals surface area contributed by atoms with Gasteiger partial charge in [0.05, 0.1) is 5.56 Å². The van der Waals surface area contributed by atoms with E-state index in [0.717, 1.165) is 6.07 Å². The molecular formula is C12H14ClFN4O2. The number of aromatic nitrogens is 1. The highest BCUT2D eigenvalue weighted by Crippen LogP contribution is 2.21. The van der Waals surface area contributed by atoms with Crippen molar-refractivity contribution >= 4 is 23.5 Å². The van der Waals surface area contributed by atoms with E-state index in [1.54, 1.807) is 13.0 Å². The molecule has 6 nitrogen and oxygen atoms in total. The lowest BCUT2D eigenvalue weighted by Gasteiger charge is -2.24. The average molecular weight is 301 g/mol. The summed E-state index contributed by atoms with van der Waals surface area (Å²) in [5, 5.41) is 22.4. The molecule has 2 atom stereocenters. The Morgan fingerprint density at radius 3 is 2.85 bits per heavy atom. The smallest absolute Gasteiger partial charge is 0.404 e. The lowest BCUT2D eigenvalue weighted by Crippen LogP contribution is -2.44. The van der Waals surface area contributed by atoms with Gasteiger partial charge < -0.3 is 15.7 Å². The standard InChI is InChI=1S/C12H14ClFN4O2/c1-3-9(6(2)16-12(19)20)17-11-8(14)4-7(5-15)10(13)18-11/h4,6,9,16H,3H2,1-2H3,(H,17,18)(H,19,20)/t6-,9+/m0/s1. The molecule has 3 N–H and O–H groups in total. The van der Waals surface area contributed by atoms with Crippen molar-refractivity contribution in [2.75, 3.05) is 5.32 Å². The molecule has 0 fully saturated rings. The van der Waals surface area contributed by atoms with Crippen molar-refractivity contribution in [3.63, 3.8) is 0 Å². The summed E-state index contributed by atoms with van der Waals surface area (Å²) in [6, 6.07) is 1.90. The minimum atomic E-state index is -1.16. The first kappa shape index (κ1) is 16.0. The molecule has 0 saturated heterocycles. The van der Waals surface area contributed by atoms with Gasteiger partial charge in [0.25, 0.3) is 0 Å². The molecule has 8 heteroatoms. The van der Waals surface area contributed by atoms with Gasteiger partial charge in [0.1, 0.15) is 11.2 Å². The molecule has 0 saturated carbocycles. The Kier molecular flexibility index (Phi) is 5.53. The van der Waals surface area contributed by atoms with E-state index in [1.165, 1.54) is 0 Å². The monoisotopic (exact) mass is 300 g/mol. The first-order valence-corrected chi connectivity index (χ1v) is 6.29. The Hall–Kier alpha value is -2.07. The summed E-state index contributed by atoms with van der Waals surface area (Å²) >= 11 is 5.74. The van der Waals surface area contributed by atoms with Gasteiger partial charge in [-0.15, -0.1) is 0 Å². The molecule has 1 heterocycles. The number of nitriles is 1. The molecule has 1 amide bonds. The van der Waals surface area contributed by atoms with E-state index in [4.69, 9.17) is 22.0 Å². The summed E-state index contributed by atoms with van der Waals surface area (Å²) in [5.74, 6) is -0.827. The summed E-state index contributed by atoms with van der Waals surface area (Å²) in [6.07, 6.45) is -0.621. The Morgan fingerprint density at radius 1 is 1.70 bits per heavy atom. The summed E-state index contributed by atoms with van der Waals surface area (Å²) < 4.78 is 13.8. The van der Waals surface area contributed by atoms with Gasteiger partial charge in [-0.25, -0.2) is 14.2 Å². The van der Waals surface area contributed by atoms with Crippen molar-refractivity contribution in [1.82, 2.24) is 10.3 Å². The number of hydrogen-bond acceptors (Lipinski definition) is 4. The number of rotatable bonds is 5. The van der Waals surface area contributed by atoms with Crippen LogP contribution >= 0.6 is 11.6 Å². The SMILES string of the molecule is CC[C@@H](Nc1nc(Cl)c(C#N)cc1F)[C@H](C)NC(=O)O. The van der Waals surface area contributed by atoms with E-state index in [9.17, 15) is 9.18 Å². The number of carboxylic acid groups (broad SMARTS) is 1. The highest BCUT2D eigenvalue weighted by Gasteiger charge is 2.20. The van der Waals surface area contributed by atoms with Gasteiger partial charge in [0.2, 0.25) is 0 Å². The van der Waals surface area contributed by atoms with E-state index in [2.05, 4.69) is 15.6 Å². The highest BCUT2D eigenvalue weighted by atomic mass is 35.5.